The van der Waals surface area contributed by atoms with Gasteiger partial charge in [-0.15, -0.1) is 11.3 Å². The zero-order valence-corrected chi connectivity index (χ0v) is 23.9. The first kappa shape index (κ1) is 29.2. The van der Waals surface area contributed by atoms with Crippen LogP contribution in [0.4, 0.5) is 0 Å². The van der Waals surface area contributed by atoms with Gasteiger partial charge in [-0.25, -0.2) is 4.98 Å². The molecule has 3 amide bonds. The second kappa shape index (κ2) is 14.0. The molecule has 1 heterocycles. The van der Waals surface area contributed by atoms with Crippen molar-refractivity contribution < 1.29 is 14.4 Å². The largest absolute Gasteiger partial charge is 0.350 e. The van der Waals surface area contributed by atoms with Gasteiger partial charge in [0.2, 0.25) is 17.7 Å². The van der Waals surface area contributed by atoms with E-state index in [4.69, 9.17) is 4.98 Å². The van der Waals surface area contributed by atoms with Gasteiger partial charge in [0.1, 0.15) is 6.04 Å². The summed E-state index contributed by atoms with van der Waals surface area (Å²) in [5.74, 6) is 0.271. The summed E-state index contributed by atoms with van der Waals surface area (Å²) in [7, 11) is 0. The summed E-state index contributed by atoms with van der Waals surface area (Å²) < 4.78 is 1.08. The summed E-state index contributed by atoms with van der Waals surface area (Å²) in [6, 6.07) is 5.29. The van der Waals surface area contributed by atoms with E-state index in [-0.39, 0.29) is 41.9 Å². The first-order valence-corrected chi connectivity index (χ1v) is 14.7. The van der Waals surface area contributed by atoms with Gasteiger partial charge in [-0.2, -0.15) is 12.6 Å². The van der Waals surface area contributed by atoms with Crippen LogP contribution in [0.25, 0.3) is 10.2 Å². The van der Waals surface area contributed by atoms with Gasteiger partial charge in [0.05, 0.1) is 15.2 Å². The average molecular weight is 545 g/mol. The molecule has 37 heavy (non-hydrogen) atoms. The molecular formula is C28H40N4O3S2. The highest BCUT2D eigenvalue weighted by Crippen LogP contribution is 2.28. The van der Waals surface area contributed by atoms with Crippen LogP contribution in [0.1, 0.15) is 75.8 Å². The van der Waals surface area contributed by atoms with Crippen LogP contribution in [0.5, 0.6) is 0 Å². The van der Waals surface area contributed by atoms with Crippen molar-refractivity contribution in [3.8, 4) is 0 Å². The zero-order chi connectivity index (χ0) is 26.9. The van der Waals surface area contributed by atoms with Crippen molar-refractivity contribution in [2.75, 3.05) is 12.3 Å². The number of thiazole rings is 1. The Hall–Kier alpha value is -2.39. The van der Waals surface area contributed by atoms with Gasteiger partial charge >= 0.3 is 0 Å². The Morgan fingerprint density at radius 3 is 2.54 bits per heavy atom. The minimum absolute atomic E-state index is 0.184. The molecule has 0 spiro atoms. The third-order valence-electron chi connectivity index (χ3n) is 7.02. The molecule has 2 atom stereocenters. The molecule has 1 aliphatic carbocycles. The fraction of sp³-hybridized carbons (Fsp3) is 0.571. The number of aromatic nitrogens is 1. The van der Waals surface area contributed by atoms with E-state index in [9.17, 15) is 14.4 Å². The Kier molecular flexibility index (Phi) is 11.0. The monoisotopic (exact) mass is 544 g/mol. The summed E-state index contributed by atoms with van der Waals surface area (Å²) in [6.45, 7) is 10.1. The van der Waals surface area contributed by atoms with Gasteiger partial charge in [-0.3, -0.25) is 14.4 Å². The number of carbonyl (C=O) groups is 3. The number of thiol groups is 1. The molecule has 202 valence electrons. The highest BCUT2D eigenvalue weighted by Gasteiger charge is 2.30. The zero-order valence-electron chi connectivity index (χ0n) is 22.1. The van der Waals surface area contributed by atoms with Crippen molar-refractivity contribution in [3.05, 3.63) is 40.9 Å². The number of benzene rings is 1. The van der Waals surface area contributed by atoms with Crippen LogP contribution < -0.4 is 16.0 Å². The van der Waals surface area contributed by atoms with E-state index in [0.717, 1.165) is 40.9 Å². The molecule has 2 aromatic rings. The molecule has 1 aromatic heterocycles. The second-order valence-electron chi connectivity index (χ2n) is 10.2. The van der Waals surface area contributed by atoms with Crippen LogP contribution in [-0.4, -0.2) is 47.1 Å². The normalized spacial score (nSPS) is 15.8. The maximum Gasteiger partial charge on any atom is 0.247 e. The number of carbonyl (C=O) groups excluding carboxylic acids is 3. The quantitative estimate of drug-likeness (QED) is 0.233. The second-order valence-corrected chi connectivity index (χ2v) is 11.6. The summed E-state index contributed by atoms with van der Waals surface area (Å²) in [6.07, 6.45) is 5.99. The van der Waals surface area contributed by atoms with Crippen molar-refractivity contribution in [1.29, 1.82) is 0 Å². The highest BCUT2D eigenvalue weighted by molar-refractivity contribution is 7.80. The van der Waals surface area contributed by atoms with Crippen molar-refractivity contribution in [2.45, 2.75) is 83.7 Å². The minimum atomic E-state index is -0.744. The lowest BCUT2D eigenvalue weighted by atomic mass is 9.83. The number of hydrogen-bond acceptors (Lipinski definition) is 6. The molecule has 3 N–H and O–H groups in total. The Balaban J connectivity index is 1.77. The van der Waals surface area contributed by atoms with E-state index in [0.29, 0.717) is 24.5 Å². The molecular weight excluding hydrogens is 504 g/mol. The van der Waals surface area contributed by atoms with Gasteiger partial charge in [-0.05, 0) is 42.4 Å². The van der Waals surface area contributed by atoms with Gasteiger partial charge in [0.25, 0.3) is 0 Å². The molecule has 0 bridgehead atoms. The summed E-state index contributed by atoms with van der Waals surface area (Å²) in [5.41, 5.74) is 2.54. The lowest BCUT2D eigenvalue weighted by Crippen LogP contribution is -2.55. The number of rotatable bonds is 12. The highest BCUT2D eigenvalue weighted by atomic mass is 32.1. The van der Waals surface area contributed by atoms with Crippen molar-refractivity contribution >= 4 is 51.9 Å². The van der Waals surface area contributed by atoms with Crippen LogP contribution in [0.3, 0.4) is 0 Å². The summed E-state index contributed by atoms with van der Waals surface area (Å²) in [5, 5.41) is 9.77. The van der Waals surface area contributed by atoms with Crippen molar-refractivity contribution in [1.82, 2.24) is 20.9 Å². The van der Waals surface area contributed by atoms with Crippen LogP contribution in [0, 0.1) is 5.92 Å². The van der Waals surface area contributed by atoms with Gasteiger partial charge in [-0.1, -0.05) is 52.7 Å². The first-order valence-electron chi connectivity index (χ1n) is 13.3. The third-order valence-corrected chi connectivity index (χ3v) is 8.44. The Labute approximate surface area is 229 Å². The number of amides is 3. The maximum atomic E-state index is 13.6. The first-order chi connectivity index (χ1) is 17.7. The molecule has 1 fully saturated rings. The molecule has 3 rings (SSSR count). The lowest BCUT2D eigenvalue weighted by Gasteiger charge is -2.32. The standard InChI is InChI=1S/C28H40N4O3S2/c1-5-25(33)30-22(14-26-31-21-12-11-20(17(2)3)13-24(21)37-26)28(35)32-23(19-9-7-6-8-10-19)15-29-27(34)18(4)16-36/h11-13,17,19,22-23,36H,4-10,14-16H2,1-3H3,(H,29,34)(H,30,33)(H,32,35)/t22-,23+/m0/s1. The molecule has 0 aliphatic heterocycles. The van der Waals surface area contributed by atoms with Crippen LogP contribution in [-0.2, 0) is 20.8 Å². The average Bonchev–Trinajstić information content (AvgIpc) is 3.31. The predicted octanol–water partition coefficient (Wildman–Crippen LogP) is 4.52. The van der Waals surface area contributed by atoms with E-state index in [1.807, 2.05) is 6.07 Å². The van der Waals surface area contributed by atoms with E-state index in [1.165, 1.54) is 12.0 Å². The third kappa shape index (κ3) is 8.30. The van der Waals surface area contributed by atoms with E-state index in [2.05, 4.69) is 61.1 Å². The Bertz CT molecular complexity index is 1110. The topological polar surface area (TPSA) is 100 Å². The number of nitrogens with zero attached hydrogens (tertiary/aromatic N) is 1. The van der Waals surface area contributed by atoms with Gasteiger partial charge < -0.3 is 16.0 Å². The van der Waals surface area contributed by atoms with Gasteiger partial charge in [0.15, 0.2) is 0 Å². The number of hydrogen-bond donors (Lipinski definition) is 4. The van der Waals surface area contributed by atoms with Crippen LogP contribution >= 0.6 is 24.0 Å². The summed E-state index contributed by atoms with van der Waals surface area (Å²) in [4.78, 5) is 43.0. The smallest absolute Gasteiger partial charge is 0.247 e. The SMILES string of the molecule is C=C(CS)C(=O)NC[C@@H](NC(=O)[C@H](Cc1nc2ccc(C(C)C)cc2s1)NC(=O)CC)C1CCCCC1. The molecule has 7 nitrogen and oxygen atoms in total. The fourth-order valence-electron chi connectivity index (χ4n) is 4.67. The van der Waals surface area contributed by atoms with E-state index >= 15 is 0 Å². The molecule has 0 radical (unpaired) electrons. The Morgan fingerprint density at radius 1 is 1.16 bits per heavy atom. The molecule has 1 saturated carbocycles. The van der Waals surface area contributed by atoms with Gasteiger partial charge in [0, 0.05) is 36.8 Å². The molecule has 0 unspecified atom stereocenters. The molecule has 1 aromatic carbocycles. The number of nitrogens with one attached hydrogen (secondary N) is 3. The molecule has 9 heteroatoms. The van der Waals surface area contributed by atoms with Crippen LogP contribution in [0.2, 0.25) is 0 Å². The predicted molar refractivity (Wildman–Crippen MR) is 154 cm³/mol. The Morgan fingerprint density at radius 2 is 1.89 bits per heavy atom. The van der Waals surface area contributed by atoms with Crippen LogP contribution in [0.15, 0.2) is 30.4 Å². The molecule has 0 saturated heterocycles. The van der Waals surface area contributed by atoms with E-state index < -0.39 is 6.04 Å². The van der Waals surface area contributed by atoms with Crippen molar-refractivity contribution in [3.63, 3.8) is 0 Å². The maximum absolute atomic E-state index is 13.6. The lowest BCUT2D eigenvalue weighted by molar-refractivity contribution is -0.129. The molecule has 1 aliphatic rings. The minimum Gasteiger partial charge on any atom is -0.350 e. The van der Waals surface area contributed by atoms with Crippen molar-refractivity contribution in [2.24, 2.45) is 5.92 Å². The van der Waals surface area contributed by atoms with E-state index in [1.54, 1.807) is 18.3 Å². The summed E-state index contributed by atoms with van der Waals surface area (Å²) >= 11 is 5.69. The number of fused-ring (bicyclic) bond motifs is 1. The fourth-order valence-corrected chi connectivity index (χ4v) is 5.88.